The number of hydrogen-bond acceptors (Lipinski definition) is 3. The molecule has 0 aliphatic heterocycles. The standard InChI is InChI=1S/C11H11NO4/c1-8(6-7-11(13)14)9-4-2-3-5-10(9)12(15)16/h2-8H,1H3,(H,13,14)/b7-6+. The number of benzene rings is 1. The fourth-order valence-corrected chi connectivity index (χ4v) is 1.37. The molecule has 0 amide bonds. The van der Waals surface area contributed by atoms with Gasteiger partial charge >= 0.3 is 5.97 Å². The Labute approximate surface area is 92.2 Å². The zero-order chi connectivity index (χ0) is 12.1. The first-order chi connectivity index (χ1) is 7.52. The number of hydrogen-bond donors (Lipinski definition) is 1. The lowest BCUT2D eigenvalue weighted by molar-refractivity contribution is -0.385. The maximum absolute atomic E-state index is 10.7. The van der Waals surface area contributed by atoms with Crippen LogP contribution in [-0.2, 0) is 4.79 Å². The van der Waals surface area contributed by atoms with Gasteiger partial charge in [-0.3, -0.25) is 10.1 Å². The molecule has 16 heavy (non-hydrogen) atoms. The van der Waals surface area contributed by atoms with Crippen LogP contribution in [0.1, 0.15) is 18.4 Å². The summed E-state index contributed by atoms with van der Waals surface area (Å²) in [5.41, 5.74) is 0.509. The van der Waals surface area contributed by atoms with Crippen LogP contribution >= 0.6 is 0 Å². The third-order valence-corrected chi connectivity index (χ3v) is 2.15. The Hall–Kier alpha value is -2.17. The number of nitro benzene ring substituents is 1. The van der Waals surface area contributed by atoms with Gasteiger partial charge in [0.15, 0.2) is 0 Å². The van der Waals surface area contributed by atoms with Crippen LogP contribution in [0, 0.1) is 10.1 Å². The second kappa shape index (κ2) is 5.06. The molecule has 0 aliphatic rings. The first-order valence-corrected chi connectivity index (χ1v) is 4.67. The third kappa shape index (κ3) is 2.91. The monoisotopic (exact) mass is 221 g/mol. The summed E-state index contributed by atoms with van der Waals surface area (Å²) in [6, 6.07) is 6.29. The number of carbonyl (C=O) groups is 1. The summed E-state index contributed by atoms with van der Waals surface area (Å²) in [4.78, 5) is 20.6. The minimum absolute atomic E-state index is 0.00467. The van der Waals surface area contributed by atoms with Gasteiger partial charge in [0.2, 0.25) is 0 Å². The Morgan fingerprint density at radius 2 is 2.12 bits per heavy atom. The van der Waals surface area contributed by atoms with E-state index < -0.39 is 10.9 Å². The van der Waals surface area contributed by atoms with Crippen molar-refractivity contribution in [2.24, 2.45) is 0 Å². The van der Waals surface area contributed by atoms with Gasteiger partial charge in [-0.1, -0.05) is 31.2 Å². The summed E-state index contributed by atoms with van der Waals surface area (Å²) < 4.78 is 0. The van der Waals surface area contributed by atoms with Gasteiger partial charge in [0.05, 0.1) is 4.92 Å². The summed E-state index contributed by atoms with van der Waals surface area (Å²) in [7, 11) is 0. The lowest BCUT2D eigenvalue weighted by Crippen LogP contribution is -1.98. The lowest BCUT2D eigenvalue weighted by atomic mass is 9.99. The maximum atomic E-state index is 10.7. The van der Waals surface area contributed by atoms with Gasteiger partial charge in [0.1, 0.15) is 0 Å². The molecule has 1 unspecified atom stereocenters. The van der Waals surface area contributed by atoms with Gasteiger partial charge < -0.3 is 5.11 Å². The van der Waals surface area contributed by atoms with Crippen molar-refractivity contribution in [2.45, 2.75) is 12.8 Å². The number of allylic oxidation sites excluding steroid dienone is 1. The van der Waals surface area contributed by atoms with Crippen molar-refractivity contribution < 1.29 is 14.8 Å². The molecule has 84 valence electrons. The molecule has 0 heterocycles. The van der Waals surface area contributed by atoms with Crippen LogP contribution in [0.15, 0.2) is 36.4 Å². The number of carboxylic acid groups (broad SMARTS) is 1. The molecule has 1 aromatic rings. The van der Waals surface area contributed by atoms with E-state index in [-0.39, 0.29) is 11.6 Å². The van der Waals surface area contributed by atoms with E-state index in [9.17, 15) is 14.9 Å². The molecule has 5 heteroatoms. The quantitative estimate of drug-likeness (QED) is 0.480. The molecule has 1 N–H and O–H groups in total. The van der Waals surface area contributed by atoms with Gasteiger partial charge in [0.25, 0.3) is 5.69 Å². The Morgan fingerprint density at radius 1 is 1.50 bits per heavy atom. The Morgan fingerprint density at radius 3 is 2.69 bits per heavy atom. The lowest BCUT2D eigenvalue weighted by Gasteiger charge is -2.06. The number of rotatable bonds is 4. The van der Waals surface area contributed by atoms with Crippen molar-refractivity contribution in [1.82, 2.24) is 0 Å². The fraction of sp³-hybridized carbons (Fsp3) is 0.182. The summed E-state index contributed by atoms with van der Waals surface area (Å²) in [5.74, 6) is -1.37. The van der Waals surface area contributed by atoms with E-state index in [4.69, 9.17) is 5.11 Å². The van der Waals surface area contributed by atoms with Crippen LogP contribution in [0.2, 0.25) is 0 Å². The number of nitro groups is 1. The molecule has 0 fully saturated rings. The average molecular weight is 221 g/mol. The first-order valence-electron chi connectivity index (χ1n) is 4.67. The maximum Gasteiger partial charge on any atom is 0.327 e. The van der Waals surface area contributed by atoms with Gasteiger partial charge in [0, 0.05) is 23.6 Å². The van der Waals surface area contributed by atoms with Crippen LogP contribution in [-0.4, -0.2) is 16.0 Å². The molecule has 1 atom stereocenters. The Kier molecular flexibility index (Phi) is 3.77. The summed E-state index contributed by atoms with van der Waals surface area (Å²) >= 11 is 0. The number of aliphatic carboxylic acids is 1. The zero-order valence-corrected chi connectivity index (χ0v) is 8.66. The van der Waals surface area contributed by atoms with Crippen LogP contribution in [0.4, 0.5) is 5.69 Å². The number of carboxylic acids is 1. The minimum Gasteiger partial charge on any atom is -0.478 e. The van der Waals surface area contributed by atoms with E-state index >= 15 is 0 Å². The zero-order valence-electron chi connectivity index (χ0n) is 8.66. The van der Waals surface area contributed by atoms with E-state index in [1.165, 1.54) is 12.1 Å². The molecular formula is C11H11NO4. The molecule has 0 aromatic heterocycles. The van der Waals surface area contributed by atoms with E-state index in [1.54, 1.807) is 25.1 Å². The second-order valence-corrected chi connectivity index (χ2v) is 3.30. The number of para-hydroxylation sites is 1. The molecule has 0 saturated heterocycles. The van der Waals surface area contributed by atoms with Crippen molar-refractivity contribution in [3.63, 3.8) is 0 Å². The van der Waals surface area contributed by atoms with E-state index in [2.05, 4.69) is 0 Å². The molecule has 5 nitrogen and oxygen atoms in total. The van der Waals surface area contributed by atoms with Gasteiger partial charge in [-0.25, -0.2) is 4.79 Å². The number of nitrogens with zero attached hydrogens (tertiary/aromatic N) is 1. The SMILES string of the molecule is CC(/C=C/C(=O)O)c1ccccc1[N+](=O)[O-]. The van der Waals surface area contributed by atoms with Crippen molar-refractivity contribution in [2.75, 3.05) is 0 Å². The van der Waals surface area contributed by atoms with Gasteiger partial charge in [-0.2, -0.15) is 0 Å². The molecule has 0 spiro atoms. The molecule has 0 aliphatic carbocycles. The normalized spacial score (nSPS) is 12.6. The average Bonchev–Trinajstić information content (AvgIpc) is 2.25. The highest BCUT2D eigenvalue weighted by Crippen LogP contribution is 2.26. The molecule has 0 saturated carbocycles. The highest BCUT2D eigenvalue weighted by molar-refractivity contribution is 5.79. The van der Waals surface area contributed by atoms with Crippen LogP contribution in [0.25, 0.3) is 0 Å². The van der Waals surface area contributed by atoms with Crippen molar-refractivity contribution in [1.29, 1.82) is 0 Å². The highest BCUT2D eigenvalue weighted by Gasteiger charge is 2.16. The Bertz CT molecular complexity index is 439. The fourth-order valence-electron chi connectivity index (χ4n) is 1.37. The van der Waals surface area contributed by atoms with E-state index in [0.717, 1.165) is 6.08 Å². The summed E-state index contributed by atoms with van der Waals surface area (Å²) in [5, 5.41) is 19.2. The predicted octanol–water partition coefficient (Wildman–Crippen LogP) is 2.34. The van der Waals surface area contributed by atoms with Crippen LogP contribution in [0.5, 0.6) is 0 Å². The van der Waals surface area contributed by atoms with Crippen molar-refractivity contribution in [3.05, 3.63) is 52.1 Å². The highest BCUT2D eigenvalue weighted by atomic mass is 16.6. The topological polar surface area (TPSA) is 80.4 Å². The molecule has 1 aromatic carbocycles. The first kappa shape index (κ1) is 11.9. The summed E-state index contributed by atoms with van der Waals surface area (Å²) in [6.45, 7) is 1.71. The third-order valence-electron chi connectivity index (χ3n) is 2.15. The van der Waals surface area contributed by atoms with Gasteiger partial charge in [-0.15, -0.1) is 0 Å². The molecular weight excluding hydrogens is 210 g/mol. The van der Waals surface area contributed by atoms with Gasteiger partial charge in [-0.05, 0) is 0 Å². The molecule has 0 bridgehead atoms. The smallest absolute Gasteiger partial charge is 0.327 e. The van der Waals surface area contributed by atoms with Crippen molar-refractivity contribution in [3.8, 4) is 0 Å². The predicted molar refractivity (Wildman–Crippen MR) is 58.3 cm³/mol. The van der Waals surface area contributed by atoms with Crippen molar-refractivity contribution >= 4 is 11.7 Å². The largest absolute Gasteiger partial charge is 0.478 e. The molecule has 0 radical (unpaired) electrons. The molecule has 1 rings (SSSR count). The van der Waals surface area contributed by atoms with E-state index in [1.807, 2.05) is 0 Å². The summed E-state index contributed by atoms with van der Waals surface area (Å²) in [6.07, 6.45) is 2.41. The van der Waals surface area contributed by atoms with Crippen LogP contribution < -0.4 is 0 Å². The second-order valence-electron chi connectivity index (χ2n) is 3.30. The Balaban J connectivity index is 3.03. The minimum atomic E-state index is -1.06. The van der Waals surface area contributed by atoms with Crippen LogP contribution in [0.3, 0.4) is 0 Å². The van der Waals surface area contributed by atoms with E-state index in [0.29, 0.717) is 5.56 Å².